The van der Waals surface area contributed by atoms with Crippen LogP contribution in [0.25, 0.3) is 0 Å². The zero-order chi connectivity index (χ0) is 17.1. The number of fused-ring (bicyclic) bond motifs is 1. The largest absolute Gasteiger partial charge is 0.340 e. The quantitative estimate of drug-likeness (QED) is 0.788. The van der Waals surface area contributed by atoms with Gasteiger partial charge in [0.1, 0.15) is 11.6 Å². The summed E-state index contributed by atoms with van der Waals surface area (Å²) in [4.78, 5) is 17.2. The average molecular weight is 343 g/mol. The van der Waals surface area contributed by atoms with Gasteiger partial charge in [-0.25, -0.2) is 0 Å². The van der Waals surface area contributed by atoms with Crippen molar-refractivity contribution >= 4 is 5.91 Å². The maximum Gasteiger partial charge on any atom is 0.226 e. The van der Waals surface area contributed by atoms with Gasteiger partial charge >= 0.3 is 0 Å². The van der Waals surface area contributed by atoms with E-state index in [1.807, 2.05) is 0 Å². The number of hydrogen-bond acceptors (Lipinski definition) is 4. The Kier molecular flexibility index (Phi) is 5.15. The third-order valence-electron chi connectivity index (χ3n) is 5.85. The first-order valence-electron chi connectivity index (χ1n) is 9.88. The van der Waals surface area contributed by atoms with E-state index in [0.29, 0.717) is 5.91 Å². The molecule has 6 nitrogen and oxygen atoms in total. The van der Waals surface area contributed by atoms with Crippen LogP contribution in [0.5, 0.6) is 0 Å². The molecular weight excluding hydrogens is 314 g/mol. The Morgan fingerprint density at radius 2 is 1.92 bits per heavy atom. The Morgan fingerprint density at radius 3 is 2.72 bits per heavy atom. The van der Waals surface area contributed by atoms with Crippen molar-refractivity contribution in [1.82, 2.24) is 24.6 Å². The molecular formula is C19H29N5O. The summed E-state index contributed by atoms with van der Waals surface area (Å²) in [6.45, 7) is 5.50. The SMILES string of the molecule is O=C([C@H]1CC=CCC1)N1CCN(Cc2nnc3n2CCCCC3)CC1. The lowest BCUT2D eigenvalue weighted by Crippen LogP contribution is -2.50. The lowest BCUT2D eigenvalue weighted by atomic mass is 9.93. The molecule has 136 valence electrons. The van der Waals surface area contributed by atoms with Crippen molar-refractivity contribution in [3.63, 3.8) is 0 Å². The molecule has 0 radical (unpaired) electrons. The molecule has 0 saturated carbocycles. The first kappa shape index (κ1) is 16.8. The van der Waals surface area contributed by atoms with Crippen molar-refractivity contribution in [3.05, 3.63) is 23.8 Å². The molecule has 1 aliphatic carbocycles. The number of nitrogens with zero attached hydrogens (tertiary/aromatic N) is 5. The molecule has 3 aliphatic rings. The van der Waals surface area contributed by atoms with Crippen LogP contribution >= 0.6 is 0 Å². The maximum absolute atomic E-state index is 12.7. The van der Waals surface area contributed by atoms with Crippen LogP contribution in [-0.2, 0) is 24.3 Å². The molecule has 1 aromatic rings. The number of allylic oxidation sites excluding steroid dienone is 2. The predicted octanol–water partition coefficient (Wildman–Crippen LogP) is 2.00. The van der Waals surface area contributed by atoms with Crippen molar-refractivity contribution in [2.24, 2.45) is 5.92 Å². The number of amides is 1. The minimum atomic E-state index is 0.212. The molecule has 0 N–H and O–H groups in total. The van der Waals surface area contributed by atoms with Gasteiger partial charge in [0, 0.05) is 45.1 Å². The molecule has 6 heteroatoms. The van der Waals surface area contributed by atoms with Gasteiger partial charge in [-0.15, -0.1) is 10.2 Å². The summed E-state index contributed by atoms with van der Waals surface area (Å²) in [6.07, 6.45) is 12.2. The number of carbonyl (C=O) groups excluding carboxylic acids is 1. The van der Waals surface area contributed by atoms with E-state index >= 15 is 0 Å². The molecule has 1 fully saturated rings. The Balaban J connectivity index is 1.31. The first-order chi connectivity index (χ1) is 12.3. The van der Waals surface area contributed by atoms with E-state index in [4.69, 9.17) is 0 Å². The van der Waals surface area contributed by atoms with Gasteiger partial charge in [0.2, 0.25) is 5.91 Å². The van der Waals surface area contributed by atoms with Crippen LogP contribution < -0.4 is 0 Å². The summed E-state index contributed by atoms with van der Waals surface area (Å²) in [5.74, 6) is 2.84. The van der Waals surface area contributed by atoms with Gasteiger partial charge in [0.15, 0.2) is 0 Å². The summed E-state index contributed by atoms with van der Waals surface area (Å²) < 4.78 is 2.33. The molecule has 4 rings (SSSR count). The summed E-state index contributed by atoms with van der Waals surface area (Å²) in [6, 6.07) is 0. The molecule has 25 heavy (non-hydrogen) atoms. The van der Waals surface area contributed by atoms with Crippen molar-refractivity contribution in [2.75, 3.05) is 26.2 Å². The summed E-state index contributed by atoms with van der Waals surface area (Å²) in [5, 5.41) is 8.85. The van der Waals surface area contributed by atoms with Crippen LogP contribution in [0, 0.1) is 5.92 Å². The lowest BCUT2D eigenvalue weighted by molar-refractivity contribution is -0.137. The van der Waals surface area contributed by atoms with Crippen LogP contribution in [-0.4, -0.2) is 56.7 Å². The Morgan fingerprint density at radius 1 is 1.04 bits per heavy atom. The highest BCUT2D eigenvalue weighted by Crippen LogP contribution is 2.22. The van der Waals surface area contributed by atoms with E-state index < -0.39 is 0 Å². The van der Waals surface area contributed by atoms with Crippen molar-refractivity contribution in [1.29, 1.82) is 0 Å². The third-order valence-corrected chi connectivity index (χ3v) is 5.85. The van der Waals surface area contributed by atoms with E-state index in [1.54, 1.807) is 0 Å². The van der Waals surface area contributed by atoms with Gasteiger partial charge in [-0.05, 0) is 32.1 Å². The van der Waals surface area contributed by atoms with Gasteiger partial charge in [0.05, 0.1) is 6.54 Å². The molecule has 2 aliphatic heterocycles. The highest BCUT2D eigenvalue weighted by molar-refractivity contribution is 5.79. The van der Waals surface area contributed by atoms with E-state index in [9.17, 15) is 4.79 Å². The van der Waals surface area contributed by atoms with Gasteiger partial charge in [-0.1, -0.05) is 18.6 Å². The monoisotopic (exact) mass is 343 g/mol. The fraction of sp³-hybridized carbons (Fsp3) is 0.737. The third kappa shape index (κ3) is 3.78. The molecule has 0 spiro atoms. The van der Waals surface area contributed by atoms with Crippen LogP contribution in [0.15, 0.2) is 12.2 Å². The standard InChI is InChI=1S/C19H29N5O/c25-19(16-7-3-1-4-8-16)23-13-11-22(12-14-23)15-18-21-20-17-9-5-2-6-10-24(17)18/h1,3,16H,2,4-15H2/t16-/m0/s1. The summed E-state index contributed by atoms with van der Waals surface area (Å²) in [5.41, 5.74) is 0. The molecule has 1 atom stereocenters. The summed E-state index contributed by atoms with van der Waals surface area (Å²) in [7, 11) is 0. The second kappa shape index (κ2) is 7.68. The van der Waals surface area contributed by atoms with Crippen molar-refractivity contribution in [2.45, 2.75) is 58.0 Å². The van der Waals surface area contributed by atoms with Gasteiger partial charge in [0.25, 0.3) is 0 Å². The lowest BCUT2D eigenvalue weighted by Gasteiger charge is -2.36. The maximum atomic E-state index is 12.7. The van der Waals surface area contributed by atoms with Gasteiger partial charge < -0.3 is 9.47 Å². The fourth-order valence-corrected chi connectivity index (χ4v) is 4.26. The Hall–Kier alpha value is -1.69. The normalized spacial score (nSPS) is 24.8. The van der Waals surface area contributed by atoms with E-state index in [-0.39, 0.29) is 5.92 Å². The second-order valence-electron chi connectivity index (χ2n) is 7.58. The van der Waals surface area contributed by atoms with Gasteiger partial charge in [-0.3, -0.25) is 9.69 Å². The number of rotatable bonds is 3. The Labute approximate surface area is 149 Å². The topological polar surface area (TPSA) is 54.3 Å². The molecule has 1 aromatic heterocycles. The minimum Gasteiger partial charge on any atom is -0.340 e. The number of carbonyl (C=O) groups is 1. The molecule has 1 amide bonds. The van der Waals surface area contributed by atoms with E-state index in [0.717, 1.165) is 76.6 Å². The number of hydrogen-bond donors (Lipinski definition) is 0. The molecule has 3 heterocycles. The average Bonchev–Trinajstić information content (AvgIpc) is 2.89. The molecule has 0 bridgehead atoms. The smallest absolute Gasteiger partial charge is 0.226 e. The Bertz CT molecular complexity index is 630. The highest BCUT2D eigenvalue weighted by Gasteiger charge is 2.28. The predicted molar refractivity (Wildman–Crippen MR) is 95.9 cm³/mol. The van der Waals surface area contributed by atoms with Crippen LogP contribution in [0.2, 0.25) is 0 Å². The zero-order valence-electron chi connectivity index (χ0n) is 15.1. The number of piperazine rings is 1. The zero-order valence-corrected chi connectivity index (χ0v) is 15.1. The first-order valence-corrected chi connectivity index (χ1v) is 9.88. The number of aromatic nitrogens is 3. The van der Waals surface area contributed by atoms with Crippen LogP contribution in [0.1, 0.15) is 50.2 Å². The van der Waals surface area contributed by atoms with Gasteiger partial charge in [-0.2, -0.15) is 0 Å². The molecule has 1 saturated heterocycles. The van der Waals surface area contributed by atoms with E-state index in [1.165, 1.54) is 19.3 Å². The fourth-order valence-electron chi connectivity index (χ4n) is 4.26. The summed E-state index contributed by atoms with van der Waals surface area (Å²) >= 11 is 0. The molecule has 0 unspecified atom stereocenters. The molecule has 0 aromatic carbocycles. The minimum absolute atomic E-state index is 0.212. The van der Waals surface area contributed by atoms with Crippen LogP contribution in [0.3, 0.4) is 0 Å². The van der Waals surface area contributed by atoms with Crippen molar-refractivity contribution < 1.29 is 4.79 Å². The van der Waals surface area contributed by atoms with Crippen molar-refractivity contribution in [3.8, 4) is 0 Å². The number of aryl methyl sites for hydroxylation is 1. The van der Waals surface area contributed by atoms with Crippen LogP contribution in [0.4, 0.5) is 0 Å². The second-order valence-corrected chi connectivity index (χ2v) is 7.58. The van der Waals surface area contributed by atoms with E-state index in [2.05, 4.69) is 36.7 Å². The highest BCUT2D eigenvalue weighted by atomic mass is 16.2.